The smallest absolute Gasteiger partial charge is 0.202 e. The van der Waals surface area contributed by atoms with Crippen LogP contribution in [0.3, 0.4) is 0 Å². The largest absolute Gasteiger partial charge is 0.361 e. The lowest BCUT2D eigenvalue weighted by Crippen LogP contribution is -2.25. The third-order valence-corrected chi connectivity index (χ3v) is 3.05. The van der Waals surface area contributed by atoms with Crippen LogP contribution in [0.4, 0.5) is 5.13 Å². The molecule has 0 aliphatic carbocycles. The highest BCUT2D eigenvalue weighted by Gasteiger charge is 2.05. The van der Waals surface area contributed by atoms with Gasteiger partial charge in [-0.15, -0.1) is 0 Å². The summed E-state index contributed by atoms with van der Waals surface area (Å²) in [6.45, 7) is 10.6. The molecule has 0 saturated carbocycles. The van der Waals surface area contributed by atoms with Crippen molar-refractivity contribution in [3.05, 3.63) is 5.82 Å². The van der Waals surface area contributed by atoms with Crippen LogP contribution in [0, 0.1) is 0 Å². The van der Waals surface area contributed by atoms with Crippen LogP contribution in [-0.2, 0) is 6.42 Å². The Kier molecular flexibility index (Phi) is 5.57. The number of aromatic nitrogens is 2. The molecule has 1 N–H and O–H groups in total. The highest BCUT2D eigenvalue weighted by atomic mass is 32.1. The summed E-state index contributed by atoms with van der Waals surface area (Å²) in [6, 6.07) is 0. The van der Waals surface area contributed by atoms with Crippen molar-refractivity contribution in [2.75, 3.05) is 31.5 Å². The fourth-order valence-electron chi connectivity index (χ4n) is 1.38. The van der Waals surface area contributed by atoms with Crippen molar-refractivity contribution in [2.45, 2.75) is 27.2 Å². The highest BCUT2D eigenvalue weighted by Crippen LogP contribution is 2.10. The minimum atomic E-state index is 0.907. The second-order valence-corrected chi connectivity index (χ2v) is 4.07. The standard InChI is InChI=1S/C10H20N4S/c1-4-11-10-12-9(13-15-10)7-8-14(5-2)6-3/h4-8H2,1-3H3,(H,11,12,13). The Labute approximate surface area is 95.9 Å². The zero-order valence-corrected chi connectivity index (χ0v) is 10.6. The van der Waals surface area contributed by atoms with E-state index in [1.165, 1.54) is 11.5 Å². The number of likely N-dealkylation sites (N-methyl/N-ethyl adjacent to an activating group) is 1. The van der Waals surface area contributed by atoms with Gasteiger partial charge in [-0.3, -0.25) is 0 Å². The van der Waals surface area contributed by atoms with Gasteiger partial charge in [-0.1, -0.05) is 13.8 Å². The maximum Gasteiger partial charge on any atom is 0.202 e. The summed E-state index contributed by atoms with van der Waals surface area (Å²) in [5.74, 6) is 0.961. The molecule has 4 nitrogen and oxygen atoms in total. The van der Waals surface area contributed by atoms with Gasteiger partial charge in [0.15, 0.2) is 0 Å². The molecule has 0 bridgehead atoms. The van der Waals surface area contributed by atoms with Gasteiger partial charge in [-0.2, -0.15) is 4.37 Å². The predicted molar refractivity (Wildman–Crippen MR) is 65.6 cm³/mol. The summed E-state index contributed by atoms with van der Waals surface area (Å²) < 4.78 is 4.32. The summed E-state index contributed by atoms with van der Waals surface area (Å²) in [4.78, 5) is 6.79. The molecular formula is C10H20N4S. The molecule has 0 aromatic carbocycles. The minimum Gasteiger partial charge on any atom is -0.361 e. The Morgan fingerprint density at radius 3 is 2.60 bits per heavy atom. The molecule has 0 unspecified atom stereocenters. The summed E-state index contributed by atoms with van der Waals surface area (Å²) in [7, 11) is 0. The second kappa shape index (κ2) is 6.74. The Bertz CT molecular complexity index is 270. The first-order chi connectivity index (χ1) is 7.30. The Morgan fingerprint density at radius 2 is 2.00 bits per heavy atom. The maximum absolute atomic E-state index is 4.41. The van der Waals surface area contributed by atoms with Crippen molar-refractivity contribution in [3.63, 3.8) is 0 Å². The Balaban J connectivity index is 2.36. The quantitative estimate of drug-likeness (QED) is 0.773. The molecule has 1 heterocycles. The van der Waals surface area contributed by atoms with E-state index in [1.54, 1.807) is 0 Å². The summed E-state index contributed by atoms with van der Waals surface area (Å²) >= 11 is 1.45. The molecule has 0 atom stereocenters. The average Bonchev–Trinajstić information content (AvgIpc) is 2.68. The molecule has 0 amide bonds. The van der Waals surface area contributed by atoms with Crippen molar-refractivity contribution in [1.82, 2.24) is 14.3 Å². The molecule has 5 heteroatoms. The van der Waals surface area contributed by atoms with E-state index in [1.807, 2.05) is 0 Å². The lowest BCUT2D eigenvalue weighted by atomic mass is 10.3. The van der Waals surface area contributed by atoms with E-state index >= 15 is 0 Å². The molecule has 0 fully saturated rings. The lowest BCUT2D eigenvalue weighted by molar-refractivity contribution is 0.306. The van der Waals surface area contributed by atoms with E-state index in [2.05, 4.69) is 40.3 Å². The first-order valence-corrected chi connectivity index (χ1v) is 6.36. The molecule has 0 radical (unpaired) electrons. The Morgan fingerprint density at radius 1 is 1.27 bits per heavy atom. The first-order valence-electron chi connectivity index (χ1n) is 5.58. The SMILES string of the molecule is CCNc1nc(CCN(CC)CC)ns1. The van der Waals surface area contributed by atoms with E-state index < -0.39 is 0 Å². The van der Waals surface area contributed by atoms with Gasteiger partial charge in [0.2, 0.25) is 5.13 Å². The van der Waals surface area contributed by atoms with Gasteiger partial charge in [0.1, 0.15) is 5.82 Å². The molecule has 0 aliphatic rings. The zero-order valence-electron chi connectivity index (χ0n) is 9.79. The lowest BCUT2D eigenvalue weighted by Gasteiger charge is -2.16. The first kappa shape index (κ1) is 12.4. The van der Waals surface area contributed by atoms with Gasteiger partial charge in [0.05, 0.1) is 0 Å². The van der Waals surface area contributed by atoms with Crippen LogP contribution in [0.25, 0.3) is 0 Å². The fraction of sp³-hybridized carbons (Fsp3) is 0.800. The normalized spacial score (nSPS) is 10.9. The number of rotatable bonds is 7. The molecule has 86 valence electrons. The van der Waals surface area contributed by atoms with Crippen LogP contribution >= 0.6 is 11.5 Å². The summed E-state index contributed by atoms with van der Waals surface area (Å²) in [5, 5.41) is 4.11. The number of hydrogen-bond donors (Lipinski definition) is 1. The van der Waals surface area contributed by atoms with Crippen LogP contribution < -0.4 is 5.32 Å². The number of nitrogens with zero attached hydrogens (tertiary/aromatic N) is 3. The van der Waals surface area contributed by atoms with Crippen LogP contribution in [0.5, 0.6) is 0 Å². The van der Waals surface area contributed by atoms with Crippen LogP contribution in [-0.4, -0.2) is 40.4 Å². The molecule has 15 heavy (non-hydrogen) atoms. The monoisotopic (exact) mass is 228 g/mol. The number of hydrogen-bond acceptors (Lipinski definition) is 5. The van der Waals surface area contributed by atoms with Gasteiger partial charge >= 0.3 is 0 Å². The highest BCUT2D eigenvalue weighted by molar-refractivity contribution is 7.09. The molecule has 0 aliphatic heterocycles. The topological polar surface area (TPSA) is 41.1 Å². The zero-order chi connectivity index (χ0) is 11.1. The molecule has 1 aromatic rings. The van der Waals surface area contributed by atoms with Gasteiger partial charge in [0, 0.05) is 31.0 Å². The number of anilines is 1. The third kappa shape index (κ3) is 4.13. The molecule has 0 spiro atoms. The minimum absolute atomic E-state index is 0.907. The molecular weight excluding hydrogens is 208 g/mol. The predicted octanol–water partition coefficient (Wildman–Crippen LogP) is 1.85. The Hall–Kier alpha value is -0.680. The van der Waals surface area contributed by atoms with Crippen molar-refractivity contribution < 1.29 is 0 Å². The third-order valence-electron chi connectivity index (χ3n) is 2.34. The van der Waals surface area contributed by atoms with Gasteiger partial charge < -0.3 is 10.2 Å². The second-order valence-electron chi connectivity index (χ2n) is 3.32. The fourth-order valence-corrected chi connectivity index (χ4v) is 2.06. The average molecular weight is 228 g/mol. The summed E-state index contributed by atoms with van der Waals surface area (Å²) in [5.41, 5.74) is 0. The van der Waals surface area contributed by atoms with E-state index in [-0.39, 0.29) is 0 Å². The molecule has 1 aromatic heterocycles. The van der Waals surface area contributed by atoms with E-state index in [4.69, 9.17) is 0 Å². The van der Waals surface area contributed by atoms with Crippen LogP contribution in [0.1, 0.15) is 26.6 Å². The van der Waals surface area contributed by atoms with Crippen molar-refractivity contribution in [2.24, 2.45) is 0 Å². The van der Waals surface area contributed by atoms with E-state index in [0.29, 0.717) is 0 Å². The van der Waals surface area contributed by atoms with Gasteiger partial charge in [0.25, 0.3) is 0 Å². The maximum atomic E-state index is 4.41. The van der Waals surface area contributed by atoms with Gasteiger partial charge in [-0.05, 0) is 20.0 Å². The number of nitrogens with one attached hydrogen (secondary N) is 1. The van der Waals surface area contributed by atoms with Crippen LogP contribution in [0.2, 0.25) is 0 Å². The van der Waals surface area contributed by atoms with Crippen molar-refractivity contribution in [3.8, 4) is 0 Å². The molecule has 1 rings (SSSR count). The summed E-state index contributed by atoms with van der Waals surface area (Å²) in [6.07, 6.45) is 0.948. The van der Waals surface area contributed by atoms with Crippen LogP contribution in [0.15, 0.2) is 0 Å². The van der Waals surface area contributed by atoms with E-state index in [0.717, 1.165) is 43.6 Å². The molecule has 0 saturated heterocycles. The van der Waals surface area contributed by atoms with Gasteiger partial charge in [-0.25, -0.2) is 4.98 Å². The van der Waals surface area contributed by atoms with E-state index in [9.17, 15) is 0 Å². The van der Waals surface area contributed by atoms with Crippen molar-refractivity contribution >= 4 is 16.7 Å². The van der Waals surface area contributed by atoms with Crippen molar-refractivity contribution in [1.29, 1.82) is 0 Å².